The monoisotopic (exact) mass is 784 g/mol. The molecule has 0 aromatic heterocycles. The number of hydrogen-bond acceptors (Lipinski definition) is 19. The Morgan fingerprint density at radius 3 is 2.24 bits per heavy atom. The lowest BCUT2D eigenvalue weighted by Crippen LogP contribution is -2.66. The van der Waals surface area contributed by atoms with Gasteiger partial charge in [0, 0.05) is 6.08 Å². The third kappa shape index (κ3) is 9.66. The minimum atomic E-state index is -2.14. The number of ether oxygens (including phenoxy) is 9. The molecule has 0 saturated carbocycles. The van der Waals surface area contributed by atoms with E-state index in [-0.39, 0.29) is 36.0 Å². The summed E-state index contributed by atoms with van der Waals surface area (Å²) in [5.74, 6) is -0.869. The van der Waals surface area contributed by atoms with E-state index in [1.165, 1.54) is 51.5 Å². The van der Waals surface area contributed by atoms with Gasteiger partial charge in [-0.15, -0.1) is 0 Å². The summed E-state index contributed by atoms with van der Waals surface area (Å²) >= 11 is 0. The molecule has 306 valence electrons. The first-order valence-electron chi connectivity index (χ1n) is 17.4. The number of phenols is 2. The number of esters is 1. The Hall–Kier alpha value is -3.67. The molecular weight excluding hydrogens is 736 g/mol. The molecule has 3 fully saturated rings. The van der Waals surface area contributed by atoms with E-state index in [4.69, 9.17) is 42.6 Å². The summed E-state index contributed by atoms with van der Waals surface area (Å²) in [4.78, 5) is 13.4. The van der Waals surface area contributed by atoms with Gasteiger partial charge in [0.15, 0.2) is 48.0 Å². The van der Waals surface area contributed by atoms with Crippen LogP contribution in [-0.4, -0.2) is 172 Å². The van der Waals surface area contributed by atoms with Crippen molar-refractivity contribution in [3.05, 3.63) is 53.6 Å². The second kappa shape index (κ2) is 18.5. The van der Waals surface area contributed by atoms with Gasteiger partial charge in [0.05, 0.1) is 46.8 Å². The second-order valence-corrected chi connectivity index (χ2v) is 13.3. The molecule has 2 aromatic carbocycles. The lowest BCUT2D eigenvalue weighted by Gasteiger charge is -2.48. The fraction of sp³-hybridized carbons (Fsp3) is 0.583. The molecule has 19 nitrogen and oxygen atoms in total. The summed E-state index contributed by atoms with van der Waals surface area (Å²) in [7, 11) is 2.75. The molecule has 9 N–H and O–H groups in total. The predicted octanol–water partition coefficient (Wildman–Crippen LogP) is -1.94. The smallest absolute Gasteiger partial charge is 0.331 e. The Morgan fingerprint density at radius 2 is 1.58 bits per heavy atom. The molecule has 2 aromatic rings. The molecule has 3 heterocycles. The number of rotatable bonds is 15. The van der Waals surface area contributed by atoms with Crippen LogP contribution in [0.2, 0.25) is 0 Å². The lowest BCUT2D eigenvalue weighted by atomic mass is 9.96. The number of aromatic hydroxyl groups is 2. The highest BCUT2D eigenvalue weighted by atomic mass is 16.8. The predicted molar refractivity (Wildman–Crippen MR) is 184 cm³/mol. The third-order valence-electron chi connectivity index (χ3n) is 9.53. The molecule has 55 heavy (non-hydrogen) atoms. The standard InChI is InChI=1S/C36H48O19/c1-17-26(42)27(43)28(44)33(51-17)54-30-29(53-25(41)9-6-18-4-7-20(39)23(13-18)48-3)24(14-37)52-34(31(30)55-35-32(45)36(46,15-38)16-50-35)49-11-10-19-5-8-22(47-2)21(40)12-19/h4-9,12-13,17,24,26-35,37-40,42-46H,10-11,14-16H2,1-3H3/b9-6+/t17-,24?,26-,27+,28+,29?,30?,31?,32-,33-,34?,35+,36+/m0/s1. The van der Waals surface area contributed by atoms with Gasteiger partial charge in [0.1, 0.15) is 48.3 Å². The van der Waals surface area contributed by atoms with Crippen LogP contribution in [0.1, 0.15) is 18.1 Å². The first-order valence-corrected chi connectivity index (χ1v) is 17.4. The largest absolute Gasteiger partial charge is 0.504 e. The molecule has 0 amide bonds. The fourth-order valence-electron chi connectivity index (χ4n) is 6.27. The average molecular weight is 785 g/mol. The van der Waals surface area contributed by atoms with Crippen molar-refractivity contribution in [1.82, 2.24) is 0 Å². The Morgan fingerprint density at radius 1 is 0.855 bits per heavy atom. The number of hydrogen-bond donors (Lipinski definition) is 9. The van der Waals surface area contributed by atoms with Crippen molar-refractivity contribution in [2.45, 2.75) is 92.8 Å². The van der Waals surface area contributed by atoms with Crippen LogP contribution in [0.3, 0.4) is 0 Å². The Balaban J connectivity index is 1.48. The summed E-state index contributed by atoms with van der Waals surface area (Å²) in [6.07, 6.45) is -16.7. The first-order chi connectivity index (χ1) is 26.2. The summed E-state index contributed by atoms with van der Waals surface area (Å²) in [6, 6.07) is 8.98. The maximum atomic E-state index is 13.4. The molecule has 0 radical (unpaired) electrons. The van der Waals surface area contributed by atoms with Crippen molar-refractivity contribution < 1.29 is 93.4 Å². The number of phenolic OH excluding ortho intramolecular Hbond substituents is 2. The van der Waals surface area contributed by atoms with Crippen LogP contribution < -0.4 is 9.47 Å². The zero-order valence-electron chi connectivity index (χ0n) is 30.2. The number of carbonyl (C=O) groups is 1. The van der Waals surface area contributed by atoms with Gasteiger partial charge >= 0.3 is 5.97 Å². The molecule has 0 aliphatic carbocycles. The van der Waals surface area contributed by atoms with E-state index >= 15 is 0 Å². The van der Waals surface area contributed by atoms with Crippen LogP contribution >= 0.6 is 0 Å². The van der Waals surface area contributed by atoms with Crippen LogP contribution in [0.4, 0.5) is 0 Å². The number of carbonyl (C=O) groups excluding carboxylic acids is 1. The molecule has 3 aliphatic rings. The number of aliphatic hydroxyl groups is 7. The average Bonchev–Trinajstić information content (AvgIpc) is 3.46. The van der Waals surface area contributed by atoms with Crippen molar-refractivity contribution in [2.24, 2.45) is 0 Å². The number of methoxy groups -OCH3 is 2. The van der Waals surface area contributed by atoms with E-state index in [2.05, 4.69) is 0 Å². The van der Waals surface area contributed by atoms with E-state index in [1.54, 1.807) is 12.1 Å². The zero-order chi connectivity index (χ0) is 40.0. The van der Waals surface area contributed by atoms with Gasteiger partial charge in [-0.2, -0.15) is 0 Å². The van der Waals surface area contributed by atoms with E-state index in [0.717, 1.165) is 6.08 Å². The molecule has 5 rings (SSSR count). The van der Waals surface area contributed by atoms with Gasteiger partial charge in [-0.1, -0.05) is 12.1 Å². The van der Waals surface area contributed by atoms with Crippen molar-refractivity contribution in [3.63, 3.8) is 0 Å². The topological polar surface area (TPSA) is 282 Å². The maximum Gasteiger partial charge on any atom is 0.331 e. The van der Waals surface area contributed by atoms with Gasteiger partial charge in [-0.05, 0) is 54.8 Å². The highest BCUT2D eigenvalue weighted by Gasteiger charge is 2.56. The van der Waals surface area contributed by atoms with Gasteiger partial charge in [0.25, 0.3) is 0 Å². The summed E-state index contributed by atoms with van der Waals surface area (Å²) in [5, 5.41) is 93.9. The van der Waals surface area contributed by atoms with E-state index in [9.17, 15) is 50.8 Å². The quantitative estimate of drug-likeness (QED) is 0.0701. The van der Waals surface area contributed by atoms with Crippen LogP contribution in [0, 0.1) is 0 Å². The van der Waals surface area contributed by atoms with Crippen molar-refractivity contribution in [3.8, 4) is 23.0 Å². The number of aliphatic hydroxyl groups excluding tert-OH is 6. The Labute approximate surface area is 315 Å². The van der Waals surface area contributed by atoms with Gasteiger partial charge in [-0.25, -0.2) is 4.79 Å². The summed E-state index contributed by atoms with van der Waals surface area (Å²) in [6.45, 7) is -0.974. The molecule has 3 saturated heterocycles. The zero-order valence-corrected chi connectivity index (χ0v) is 30.2. The van der Waals surface area contributed by atoms with Crippen molar-refractivity contribution in [2.75, 3.05) is 40.6 Å². The minimum Gasteiger partial charge on any atom is -0.504 e. The summed E-state index contributed by atoms with van der Waals surface area (Å²) < 4.78 is 51.5. The highest BCUT2D eigenvalue weighted by molar-refractivity contribution is 5.87. The third-order valence-corrected chi connectivity index (χ3v) is 9.53. The molecule has 13 atom stereocenters. The van der Waals surface area contributed by atoms with E-state index in [1.807, 2.05) is 0 Å². The van der Waals surface area contributed by atoms with E-state index in [0.29, 0.717) is 11.1 Å². The fourth-order valence-corrected chi connectivity index (χ4v) is 6.27. The molecule has 0 spiro atoms. The highest BCUT2D eigenvalue weighted by Crippen LogP contribution is 2.36. The Kier molecular flexibility index (Phi) is 14.3. The van der Waals surface area contributed by atoms with Crippen LogP contribution in [0.25, 0.3) is 6.08 Å². The van der Waals surface area contributed by atoms with Crippen molar-refractivity contribution in [1.29, 1.82) is 0 Å². The van der Waals surface area contributed by atoms with Crippen molar-refractivity contribution >= 4 is 12.0 Å². The molecule has 0 bridgehead atoms. The molecule has 19 heteroatoms. The van der Waals surface area contributed by atoms with Gasteiger partial charge in [0.2, 0.25) is 0 Å². The molecular formula is C36H48O19. The molecule has 5 unspecified atom stereocenters. The normalized spacial score (nSPS) is 35.2. The van der Waals surface area contributed by atoms with Crippen LogP contribution in [-0.2, 0) is 44.4 Å². The van der Waals surface area contributed by atoms with E-state index < -0.39 is 105 Å². The molecule has 3 aliphatic heterocycles. The lowest BCUT2D eigenvalue weighted by molar-refractivity contribution is -0.375. The number of benzene rings is 2. The SMILES string of the molecule is COc1ccc(CCOC2OC(CO)C(OC(=O)/C=C/c3ccc(O)c(OC)c3)C(O[C@@H]3O[C@@H](C)[C@H](O)[C@@H](O)[C@H]3O)C2O[C@H]2OC[C@](O)(CO)[C@H]2O)cc1O. The summed E-state index contributed by atoms with van der Waals surface area (Å²) in [5.41, 5.74) is -1.09. The Bertz CT molecular complexity index is 1610. The minimum absolute atomic E-state index is 0.121. The maximum absolute atomic E-state index is 13.4. The van der Waals surface area contributed by atoms with Crippen LogP contribution in [0.5, 0.6) is 23.0 Å². The van der Waals surface area contributed by atoms with Gasteiger partial charge in [-0.3, -0.25) is 0 Å². The first kappa shape index (κ1) is 42.5. The van der Waals surface area contributed by atoms with Crippen LogP contribution in [0.15, 0.2) is 42.5 Å². The van der Waals surface area contributed by atoms with Gasteiger partial charge < -0.3 is 88.6 Å². The second-order valence-electron chi connectivity index (χ2n) is 13.3.